The standard InChI is InChI=1S/C25H34N4O.HI/c1-4-26-25(27-16-20(3)23-13-7-19(2)8-14-23)28-17-21-9-11-22(12-10-21)18-29-15-5-6-24(29)30;/h7-14,20H,4-6,15-18H2,1-3H3,(H2,26,27,28);1H. The van der Waals surface area contributed by atoms with Gasteiger partial charge in [-0.15, -0.1) is 24.0 Å². The molecule has 0 radical (unpaired) electrons. The van der Waals surface area contributed by atoms with Crippen LogP contribution in [-0.2, 0) is 17.9 Å². The van der Waals surface area contributed by atoms with E-state index in [-0.39, 0.29) is 29.9 Å². The lowest BCUT2D eigenvalue weighted by atomic mass is 10.0. The van der Waals surface area contributed by atoms with Crippen LogP contribution in [0.1, 0.15) is 54.9 Å². The summed E-state index contributed by atoms with van der Waals surface area (Å²) in [5, 5.41) is 6.79. The number of rotatable bonds is 8. The molecule has 1 heterocycles. The van der Waals surface area contributed by atoms with Crippen LogP contribution in [0.2, 0.25) is 0 Å². The molecule has 1 fully saturated rings. The highest BCUT2D eigenvalue weighted by Gasteiger charge is 2.19. The van der Waals surface area contributed by atoms with Crippen LogP contribution in [0.25, 0.3) is 0 Å². The van der Waals surface area contributed by atoms with Crippen molar-refractivity contribution in [1.82, 2.24) is 15.5 Å². The van der Waals surface area contributed by atoms with Gasteiger partial charge in [-0.2, -0.15) is 0 Å². The Balaban J connectivity index is 0.00000341. The van der Waals surface area contributed by atoms with Crippen LogP contribution in [0.4, 0.5) is 0 Å². The number of carbonyl (C=O) groups is 1. The molecule has 0 spiro atoms. The second-order valence-corrected chi connectivity index (χ2v) is 8.12. The quantitative estimate of drug-likeness (QED) is 0.296. The van der Waals surface area contributed by atoms with Crippen molar-refractivity contribution in [3.8, 4) is 0 Å². The van der Waals surface area contributed by atoms with Crippen molar-refractivity contribution in [3.05, 3.63) is 70.8 Å². The molecule has 0 bridgehead atoms. The Hall–Kier alpha value is -2.09. The third kappa shape index (κ3) is 7.83. The van der Waals surface area contributed by atoms with Gasteiger partial charge in [0.15, 0.2) is 5.96 Å². The minimum Gasteiger partial charge on any atom is -0.357 e. The lowest BCUT2D eigenvalue weighted by Gasteiger charge is -2.17. The maximum atomic E-state index is 11.8. The van der Waals surface area contributed by atoms with Crippen LogP contribution >= 0.6 is 24.0 Å². The van der Waals surface area contributed by atoms with Gasteiger partial charge in [0.05, 0.1) is 6.54 Å². The summed E-state index contributed by atoms with van der Waals surface area (Å²) in [5.41, 5.74) is 4.95. The highest BCUT2D eigenvalue weighted by Crippen LogP contribution is 2.16. The van der Waals surface area contributed by atoms with Crippen molar-refractivity contribution in [2.24, 2.45) is 4.99 Å². The summed E-state index contributed by atoms with van der Waals surface area (Å²) in [7, 11) is 0. The molecule has 6 heteroatoms. The molecule has 1 unspecified atom stereocenters. The Morgan fingerprint density at radius 1 is 1.06 bits per heavy atom. The lowest BCUT2D eigenvalue weighted by molar-refractivity contribution is -0.128. The highest BCUT2D eigenvalue weighted by molar-refractivity contribution is 14.0. The van der Waals surface area contributed by atoms with E-state index >= 15 is 0 Å². The van der Waals surface area contributed by atoms with Gasteiger partial charge in [-0.25, -0.2) is 4.99 Å². The molecule has 2 N–H and O–H groups in total. The lowest BCUT2D eigenvalue weighted by Crippen LogP contribution is -2.39. The van der Waals surface area contributed by atoms with Crippen LogP contribution in [0.3, 0.4) is 0 Å². The molecular formula is C25H35IN4O. The molecule has 0 aromatic heterocycles. The third-order valence-corrected chi connectivity index (χ3v) is 5.55. The number of nitrogens with zero attached hydrogens (tertiary/aromatic N) is 2. The Bertz CT molecular complexity index is 849. The molecule has 1 atom stereocenters. The number of halogens is 1. The van der Waals surface area contributed by atoms with Crippen molar-refractivity contribution in [1.29, 1.82) is 0 Å². The molecule has 3 rings (SSSR count). The molecular weight excluding hydrogens is 499 g/mol. The Labute approximate surface area is 203 Å². The first-order valence-electron chi connectivity index (χ1n) is 11.0. The second kappa shape index (κ2) is 12.7. The molecule has 2 aromatic rings. The normalized spacial score (nSPS) is 14.9. The average Bonchev–Trinajstić information content (AvgIpc) is 3.16. The smallest absolute Gasteiger partial charge is 0.222 e. The third-order valence-electron chi connectivity index (χ3n) is 5.55. The van der Waals surface area contributed by atoms with Gasteiger partial charge in [0.1, 0.15) is 0 Å². The zero-order valence-electron chi connectivity index (χ0n) is 18.9. The van der Waals surface area contributed by atoms with Crippen LogP contribution in [-0.4, -0.2) is 36.4 Å². The maximum Gasteiger partial charge on any atom is 0.222 e. The molecule has 1 aliphatic heterocycles. The van der Waals surface area contributed by atoms with Crippen molar-refractivity contribution >= 4 is 35.8 Å². The molecule has 1 amide bonds. The van der Waals surface area contributed by atoms with Gasteiger partial charge in [-0.3, -0.25) is 4.79 Å². The molecule has 31 heavy (non-hydrogen) atoms. The minimum atomic E-state index is 0. The number of amides is 1. The largest absolute Gasteiger partial charge is 0.357 e. The van der Waals surface area contributed by atoms with Gasteiger partial charge < -0.3 is 15.5 Å². The van der Waals surface area contributed by atoms with Gasteiger partial charge in [-0.1, -0.05) is 61.0 Å². The van der Waals surface area contributed by atoms with Crippen LogP contribution in [0.5, 0.6) is 0 Å². The summed E-state index contributed by atoms with van der Waals surface area (Å²) >= 11 is 0. The van der Waals surface area contributed by atoms with E-state index in [0.29, 0.717) is 25.4 Å². The predicted molar refractivity (Wildman–Crippen MR) is 139 cm³/mol. The van der Waals surface area contributed by atoms with E-state index in [2.05, 4.69) is 79.9 Å². The van der Waals surface area contributed by atoms with Crippen molar-refractivity contribution in [2.45, 2.75) is 52.6 Å². The summed E-state index contributed by atoms with van der Waals surface area (Å²) in [6.07, 6.45) is 1.67. The summed E-state index contributed by atoms with van der Waals surface area (Å²) in [6.45, 7) is 10.3. The van der Waals surface area contributed by atoms with E-state index in [0.717, 1.165) is 37.6 Å². The number of likely N-dealkylation sites (tertiary alicyclic amines) is 1. The summed E-state index contributed by atoms with van der Waals surface area (Å²) < 4.78 is 0. The van der Waals surface area contributed by atoms with Crippen LogP contribution in [0, 0.1) is 6.92 Å². The number of nitrogens with one attached hydrogen (secondary N) is 2. The first-order valence-corrected chi connectivity index (χ1v) is 11.0. The number of carbonyl (C=O) groups excluding carboxylic acids is 1. The number of guanidine groups is 1. The zero-order chi connectivity index (χ0) is 21.3. The molecule has 0 aliphatic carbocycles. The van der Waals surface area contributed by atoms with E-state index in [1.807, 2.05) is 4.90 Å². The van der Waals surface area contributed by atoms with Crippen molar-refractivity contribution in [3.63, 3.8) is 0 Å². The summed E-state index contributed by atoms with van der Waals surface area (Å²) in [4.78, 5) is 18.5. The number of benzene rings is 2. The number of hydrogen-bond acceptors (Lipinski definition) is 2. The monoisotopic (exact) mass is 534 g/mol. The Morgan fingerprint density at radius 2 is 1.74 bits per heavy atom. The number of hydrogen-bond donors (Lipinski definition) is 2. The number of aliphatic imine (C=N–C) groups is 1. The maximum absolute atomic E-state index is 11.8. The predicted octanol–water partition coefficient (Wildman–Crippen LogP) is 4.59. The van der Waals surface area contributed by atoms with E-state index in [4.69, 9.17) is 4.99 Å². The summed E-state index contributed by atoms with van der Waals surface area (Å²) in [5.74, 6) is 1.51. The molecule has 0 saturated carbocycles. The molecule has 1 saturated heterocycles. The Morgan fingerprint density at radius 3 is 2.35 bits per heavy atom. The number of aryl methyl sites for hydroxylation is 1. The first-order chi connectivity index (χ1) is 14.5. The fraction of sp³-hybridized carbons (Fsp3) is 0.440. The second-order valence-electron chi connectivity index (χ2n) is 8.12. The van der Waals surface area contributed by atoms with Gasteiger partial charge >= 0.3 is 0 Å². The van der Waals surface area contributed by atoms with Crippen molar-refractivity contribution < 1.29 is 4.79 Å². The zero-order valence-corrected chi connectivity index (χ0v) is 21.2. The summed E-state index contributed by atoms with van der Waals surface area (Å²) in [6, 6.07) is 17.1. The van der Waals surface area contributed by atoms with E-state index in [9.17, 15) is 4.79 Å². The fourth-order valence-electron chi connectivity index (χ4n) is 3.62. The average molecular weight is 534 g/mol. The van der Waals surface area contributed by atoms with Gasteiger partial charge in [0, 0.05) is 32.6 Å². The van der Waals surface area contributed by atoms with E-state index in [1.54, 1.807) is 0 Å². The highest BCUT2D eigenvalue weighted by atomic mass is 127. The molecule has 1 aliphatic rings. The van der Waals surface area contributed by atoms with Gasteiger partial charge in [0.25, 0.3) is 0 Å². The minimum absolute atomic E-state index is 0. The molecule has 168 valence electrons. The molecule has 5 nitrogen and oxygen atoms in total. The SMILES string of the molecule is CCNC(=NCc1ccc(CN2CCCC2=O)cc1)NCC(C)c1ccc(C)cc1.I. The Kier molecular flexibility index (Phi) is 10.3. The van der Waals surface area contributed by atoms with Gasteiger partial charge in [-0.05, 0) is 42.9 Å². The van der Waals surface area contributed by atoms with Gasteiger partial charge in [0.2, 0.25) is 5.91 Å². The van der Waals surface area contributed by atoms with Crippen LogP contribution < -0.4 is 10.6 Å². The van der Waals surface area contributed by atoms with Crippen LogP contribution in [0.15, 0.2) is 53.5 Å². The fourth-order valence-corrected chi connectivity index (χ4v) is 3.62. The first kappa shape index (κ1) is 25.2. The van der Waals surface area contributed by atoms with E-state index < -0.39 is 0 Å². The van der Waals surface area contributed by atoms with E-state index in [1.165, 1.54) is 16.7 Å². The van der Waals surface area contributed by atoms with Crippen molar-refractivity contribution in [2.75, 3.05) is 19.6 Å². The molecule has 2 aromatic carbocycles. The topological polar surface area (TPSA) is 56.7 Å².